The molecular weight excluding hydrogens is 170 g/mol. The quantitative estimate of drug-likeness (QED) is 0.732. The molecule has 1 aromatic heterocycles. The Morgan fingerprint density at radius 2 is 2.50 bits per heavy atom. The number of aromatic nitrogens is 1. The van der Waals surface area contributed by atoms with Crippen LogP contribution in [0.3, 0.4) is 0 Å². The normalized spacial score (nSPS) is 13.2. The topological polar surface area (TPSA) is 50.9 Å². The van der Waals surface area contributed by atoms with Crippen molar-refractivity contribution in [1.29, 1.82) is 0 Å². The second kappa shape index (κ2) is 4.54. The highest BCUT2D eigenvalue weighted by atomic mass is 32.1. The molecule has 0 aliphatic heterocycles. The van der Waals surface area contributed by atoms with Crippen molar-refractivity contribution in [3.05, 3.63) is 16.1 Å². The van der Waals surface area contributed by atoms with Gasteiger partial charge >= 0.3 is 0 Å². The van der Waals surface area contributed by atoms with Gasteiger partial charge in [-0.2, -0.15) is 0 Å². The van der Waals surface area contributed by atoms with Crippen LogP contribution in [0.4, 0.5) is 0 Å². The van der Waals surface area contributed by atoms with E-state index in [1.54, 1.807) is 11.3 Å². The minimum absolute atomic E-state index is 0.381. The van der Waals surface area contributed by atoms with Gasteiger partial charge in [0.1, 0.15) is 0 Å². The Kier molecular flexibility index (Phi) is 3.65. The monoisotopic (exact) mass is 185 g/mol. The Labute approximate surface area is 77.0 Å². The predicted octanol–water partition coefficient (Wildman–Crippen LogP) is 0.888. The lowest BCUT2D eigenvalue weighted by Crippen LogP contribution is -2.32. The van der Waals surface area contributed by atoms with Gasteiger partial charge in [-0.1, -0.05) is 0 Å². The summed E-state index contributed by atoms with van der Waals surface area (Å²) < 4.78 is 0. The van der Waals surface area contributed by atoms with Crippen molar-refractivity contribution in [1.82, 2.24) is 10.3 Å². The van der Waals surface area contributed by atoms with Crippen molar-refractivity contribution < 1.29 is 0 Å². The number of nitrogens with zero attached hydrogens (tertiary/aromatic N) is 1. The molecule has 1 heterocycles. The Morgan fingerprint density at radius 3 is 3.00 bits per heavy atom. The molecule has 0 aliphatic rings. The van der Waals surface area contributed by atoms with E-state index in [1.165, 1.54) is 4.88 Å². The predicted molar refractivity (Wildman–Crippen MR) is 52.2 cm³/mol. The third-order valence-electron chi connectivity index (χ3n) is 1.81. The van der Waals surface area contributed by atoms with E-state index in [9.17, 15) is 0 Å². The SMILES string of the molecule is Cc1ncsc1CN[C@H](C)CN. The van der Waals surface area contributed by atoms with Crippen molar-refractivity contribution in [3.63, 3.8) is 0 Å². The third kappa shape index (κ3) is 2.55. The fourth-order valence-corrected chi connectivity index (χ4v) is 1.57. The first-order valence-electron chi connectivity index (χ1n) is 4.06. The van der Waals surface area contributed by atoms with Gasteiger partial charge < -0.3 is 11.1 Å². The second-order valence-electron chi connectivity index (χ2n) is 2.88. The molecule has 3 N–H and O–H groups in total. The first-order valence-corrected chi connectivity index (χ1v) is 4.94. The number of nitrogens with one attached hydrogen (secondary N) is 1. The highest BCUT2D eigenvalue weighted by Gasteiger charge is 2.02. The Balaban J connectivity index is 2.38. The summed E-state index contributed by atoms with van der Waals surface area (Å²) in [6.45, 7) is 5.67. The average Bonchev–Trinajstić information content (AvgIpc) is 2.47. The molecule has 1 aromatic rings. The van der Waals surface area contributed by atoms with Gasteiger partial charge in [0.2, 0.25) is 0 Å². The minimum Gasteiger partial charge on any atom is -0.329 e. The van der Waals surface area contributed by atoms with Crippen LogP contribution >= 0.6 is 11.3 Å². The average molecular weight is 185 g/mol. The van der Waals surface area contributed by atoms with E-state index in [-0.39, 0.29) is 0 Å². The summed E-state index contributed by atoms with van der Waals surface area (Å²) in [5, 5.41) is 3.32. The standard InChI is InChI=1S/C8H15N3S/c1-6(3-9)10-4-8-7(2)11-5-12-8/h5-6,10H,3-4,9H2,1-2H3/t6-/m1/s1. The maximum atomic E-state index is 5.47. The van der Waals surface area contributed by atoms with Gasteiger partial charge in [-0.15, -0.1) is 11.3 Å². The molecule has 0 amide bonds. The van der Waals surface area contributed by atoms with E-state index >= 15 is 0 Å². The van der Waals surface area contributed by atoms with Crippen molar-refractivity contribution in [3.8, 4) is 0 Å². The maximum Gasteiger partial charge on any atom is 0.0798 e. The number of hydrogen-bond donors (Lipinski definition) is 2. The van der Waals surface area contributed by atoms with Crippen molar-refractivity contribution in [2.24, 2.45) is 5.73 Å². The molecule has 0 bridgehead atoms. The Hall–Kier alpha value is -0.450. The lowest BCUT2D eigenvalue weighted by atomic mass is 10.3. The van der Waals surface area contributed by atoms with Gasteiger partial charge in [0.15, 0.2) is 0 Å². The lowest BCUT2D eigenvalue weighted by Gasteiger charge is -2.09. The highest BCUT2D eigenvalue weighted by Crippen LogP contribution is 2.11. The van der Waals surface area contributed by atoms with E-state index in [0.717, 1.165) is 12.2 Å². The summed E-state index contributed by atoms with van der Waals surface area (Å²) in [4.78, 5) is 5.47. The molecule has 0 radical (unpaired) electrons. The highest BCUT2D eigenvalue weighted by molar-refractivity contribution is 7.09. The molecule has 0 saturated heterocycles. The van der Waals surface area contributed by atoms with Crippen molar-refractivity contribution >= 4 is 11.3 Å². The van der Waals surface area contributed by atoms with Gasteiger partial charge in [0.25, 0.3) is 0 Å². The zero-order valence-electron chi connectivity index (χ0n) is 7.50. The Bertz CT molecular complexity index is 234. The second-order valence-corrected chi connectivity index (χ2v) is 3.82. The lowest BCUT2D eigenvalue weighted by molar-refractivity contribution is 0.558. The largest absolute Gasteiger partial charge is 0.329 e. The summed E-state index contributed by atoms with van der Waals surface area (Å²) in [5.41, 5.74) is 8.47. The minimum atomic E-state index is 0.381. The fourth-order valence-electron chi connectivity index (χ4n) is 0.846. The van der Waals surface area contributed by atoms with Gasteiger partial charge in [-0.25, -0.2) is 4.98 Å². The maximum absolute atomic E-state index is 5.47. The van der Waals surface area contributed by atoms with Crippen molar-refractivity contribution in [2.75, 3.05) is 6.54 Å². The van der Waals surface area contributed by atoms with Crippen LogP contribution in [-0.4, -0.2) is 17.6 Å². The number of thiazole rings is 1. The van der Waals surface area contributed by atoms with Crippen molar-refractivity contribution in [2.45, 2.75) is 26.4 Å². The third-order valence-corrected chi connectivity index (χ3v) is 2.74. The van der Waals surface area contributed by atoms with Crippen LogP contribution in [0.1, 0.15) is 17.5 Å². The van der Waals surface area contributed by atoms with Crippen LogP contribution in [0.15, 0.2) is 5.51 Å². The molecule has 0 aliphatic carbocycles. The molecule has 0 spiro atoms. The molecule has 3 nitrogen and oxygen atoms in total. The van der Waals surface area contributed by atoms with Crippen LogP contribution in [0, 0.1) is 6.92 Å². The molecule has 0 saturated carbocycles. The molecule has 1 rings (SSSR count). The zero-order chi connectivity index (χ0) is 8.97. The molecule has 68 valence electrons. The van der Waals surface area contributed by atoms with Gasteiger partial charge in [0.05, 0.1) is 11.2 Å². The van der Waals surface area contributed by atoms with Gasteiger partial charge in [-0.05, 0) is 13.8 Å². The smallest absolute Gasteiger partial charge is 0.0798 e. The van der Waals surface area contributed by atoms with Gasteiger partial charge in [0, 0.05) is 24.0 Å². The summed E-state index contributed by atoms with van der Waals surface area (Å²) in [6.07, 6.45) is 0. The van der Waals surface area contributed by atoms with Crippen LogP contribution in [-0.2, 0) is 6.54 Å². The van der Waals surface area contributed by atoms with E-state index < -0.39 is 0 Å². The van der Waals surface area contributed by atoms with Crippen LogP contribution in [0.2, 0.25) is 0 Å². The molecule has 0 fully saturated rings. The van der Waals surface area contributed by atoms with E-state index in [4.69, 9.17) is 5.73 Å². The van der Waals surface area contributed by atoms with E-state index in [1.807, 2.05) is 12.4 Å². The molecule has 12 heavy (non-hydrogen) atoms. The fraction of sp³-hybridized carbons (Fsp3) is 0.625. The van der Waals surface area contributed by atoms with Crippen LogP contribution in [0.5, 0.6) is 0 Å². The molecular formula is C8H15N3S. The summed E-state index contributed by atoms with van der Waals surface area (Å²) in [5.74, 6) is 0. The number of nitrogens with two attached hydrogens (primary N) is 1. The number of hydrogen-bond acceptors (Lipinski definition) is 4. The molecule has 4 heteroatoms. The number of rotatable bonds is 4. The Morgan fingerprint density at radius 1 is 1.75 bits per heavy atom. The summed E-state index contributed by atoms with van der Waals surface area (Å²) in [7, 11) is 0. The van der Waals surface area contributed by atoms with E-state index in [2.05, 4.69) is 17.2 Å². The molecule has 1 atom stereocenters. The molecule has 0 aromatic carbocycles. The first-order chi connectivity index (χ1) is 5.74. The molecule has 0 unspecified atom stereocenters. The summed E-state index contributed by atoms with van der Waals surface area (Å²) >= 11 is 1.69. The van der Waals surface area contributed by atoms with E-state index in [0.29, 0.717) is 12.6 Å². The zero-order valence-corrected chi connectivity index (χ0v) is 8.32. The van der Waals surface area contributed by atoms with Crippen LogP contribution in [0.25, 0.3) is 0 Å². The van der Waals surface area contributed by atoms with Gasteiger partial charge in [-0.3, -0.25) is 0 Å². The van der Waals surface area contributed by atoms with Crippen LogP contribution < -0.4 is 11.1 Å². The number of aryl methyl sites for hydroxylation is 1. The first kappa shape index (κ1) is 9.64. The summed E-state index contributed by atoms with van der Waals surface area (Å²) in [6, 6.07) is 0.381.